The average molecular weight is 1770 g/mol. The minimum absolute atomic E-state index is 0.0161. The molecule has 0 radical (unpaired) electrons. The predicted molar refractivity (Wildman–Crippen MR) is 497 cm³/mol. The Labute approximate surface area is 751 Å². The number of carbonyl (C=O) groups is 6. The minimum Gasteiger partial charge on any atom is -0.350 e. The van der Waals surface area contributed by atoms with Crippen molar-refractivity contribution < 1.29 is 59.5 Å². The third-order valence-electron chi connectivity index (χ3n) is 21.3. The molecule has 3 fully saturated rings. The highest BCUT2D eigenvalue weighted by Gasteiger charge is 2.37. The van der Waals surface area contributed by atoms with Crippen molar-refractivity contribution in [1.29, 1.82) is 0 Å². The molecule has 0 saturated carbocycles. The molecule has 3 aliphatic heterocycles. The van der Waals surface area contributed by atoms with Crippen LogP contribution in [0.5, 0.6) is 0 Å². The highest BCUT2D eigenvalue weighted by atomic mass is 19.4. The zero-order valence-electron chi connectivity index (χ0n) is 79.2. The van der Waals surface area contributed by atoms with Gasteiger partial charge in [-0.05, 0) is 234 Å². The molecule has 19 nitrogen and oxygen atoms in total. The Morgan fingerprint density at radius 1 is 0.417 bits per heavy atom. The van der Waals surface area contributed by atoms with E-state index < -0.39 is 41.1 Å². The second-order valence-corrected chi connectivity index (χ2v) is 35.5. The SMILES string of the molecule is CC(C)Cc1ccncc1.CC(C)NC(=O)c1ccc(CN2CCN(C)CC2)c(C(F)(F)F)c1.CCN1CCN(Cc2ccc(C(=O)NC(C)C)cc2C(F)(F)F)CC1.CCN1CCN(Cc2ccc(CC(=O)C(C)C)cc2C)CC1.Cc1cc(C(=O)NC(C)C)cc(-n2cnc(C)c2)c1.Cc1ccc(F)c(C(=O)NC(C)C)c1.Cc1cccc(CC(=O)C(C)C)c1. The maximum absolute atomic E-state index is 13.5. The quantitative estimate of drug-likeness (QED) is 0.0394. The molecule has 8 aromatic rings. The van der Waals surface area contributed by atoms with E-state index in [0.29, 0.717) is 30.0 Å². The summed E-state index contributed by atoms with van der Waals surface area (Å²) in [6, 6.07) is 36.7. The topological polar surface area (TPSA) is 201 Å². The summed E-state index contributed by atoms with van der Waals surface area (Å²) in [4.78, 5) is 92.5. The number of halogens is 7. The van der Waals surface area contributed by atoms with Gasteiger partial charge in [0.25, 0.3) is 23.6 Å². The van der Waals surface area contributed by atoms with Crippen molar-refractivity contribution in [2.45, 2.75) is 221 Å². The average Bonchev–Trinajstić information content (AvgIpc) is 1.44. The maximum Gasteiger partial charge on any atom is 0.416 e. The highest BCUT2D eigenvalue weighted by molar-refractivity contribution is 5.96. The van der Waals surface area contributed by atoms with Crippen LogP contribution in [0.3, 0.4) is 0 Å². The number of hydrogen-bond donors (Lipinski definition) is 4. The largest absolute Gasteiger partial charge is 0.416 e. The minimum atomic E-state index is -4.48. The summed E-state index contributed by atoms with van der Waals surface area (Å²) in [6.45, 7) is 55.9. The lowest BCUT2D eigenvalue weighted by atomic mass is 9.97. The number of piperazine rings is 3. The van der Waals surface area contributed by atoms with Gasteiger partial charge in [0.15, 0.2) is 0 Å². The number of imidazole rings is 1. The van der Waals surface area contributed by atoms with Gasteiger partial charge in [0.2, 0.25) is 0 Å². The fourth-order valence-corrected chi connectivity index (χ4v) is 14.0. The number of likely N-dealkylation sites (N-methyl/N-ethyl adjacent to an activating group) is 3. The van der Waals surface area contributed by atoms with Gasteiger partial charge < -0.3 is 40.5 Å². The summed E-state index contributed by atoms with van der Waals surface area (Å²) in [5.74, 6) is -0.219. The molecule has 2 aromatic heterocycles. The number of pyridine rings is 1. The standard InChI is InChI=1S/C19H30N2O.C18H26F3N3O.C17H24F3N3O.C15H19N3O.C12H16O.C11H14FNO.C9H13N/c1-5-20-8-10-21(11-9-20)14-18-7-6-17(12-16(18)4)13-19(22)15(2)3;1-4-23-7-9-24(10-8-23)12-15-6-5-14(17(25)22-13(2)3)11-16(15)18(19,20)21;1-12(2)21-16(24)13-4-5-14(15(10-13)17(18,19)20)11-23-8-6-22(3)7-9-23;1-10(2)17-15(19)13-5-11(3)6-14(7-13)18-8-12(4)16-9-18;1-9(2)12(13)8-11-6-4-5-10(3)7-11;1-7(2)13-11(14)9-6-8(3)4-5-10(9)12;1-8(2)7-9-3-5-10-6-4-9/h6-7,12,15H,5,8-11,13-14H2,1-4H3;5-6,11,13H,4,7-10,12H2,1-3H3,(H,22,25);4-5,10,12H,6-9,11H2,1-3H3,(H,21,24);5-10H,1-4H3,(H,17,19);4-7,9H,8H2,1-3H3;4-7H,1-3H3,(H,13,14);3-6,8H,7H2,1-2H3. The van der Waals surface area contributed by atoms with Crippen LogP contribution in [0.4, 0.5) is 30.7 Å². The third kappa shape index (κ3) is 39.8. The molecule has 26 heteroatoms. The molecule has 4 amide bonds. The zero-order chi connectivity index (χ0) is 94.6. The summed E-state index contributed by atoms with van der Waals surface area (Å²) >= 11 is 0. The van der Waals surface area contributed by atoms with Crippen molar-refractivity contribution in [2.75, 3.05) is 98.7 Å². The van der Waals surface area contributed by atoms with Gasteiger partial charge in [-0.1, -0.05) is 127 Å². The van der Waals surface area contributed by atoms with Crippen LogP contribution in [0, 0.1) is 58.2 Å². The summed E-state index contributed by atoms with van der Waals surface area (Å²) < 4.78 is 95.8. The number of carbonyl (C=O) groups excluding carboxylic acids is 6. The number of rotatable bonds is 25. The van der Waals surface area contributed by atoms with Gasteiger partial charge in [-0.3, -0.25) is 48.5 Å². The molecule has 3 aliphatic rings. The van der Waals surface area contributed by atoms with Gasteiger partial charge in [0, 0.05) is 188 Å². The smallest absolute Gasteiger partial charge is 0.350 e. The number of nitrogens with zero attached hydrogens (tertiary/aromatic N) is 9. The van der Waals surface area contributed by atoms with Crippen LogP contribution in [-0.4, -0.2) is 202 Å². The van der Waals surface area contributed by atoms with Crippen molar-refractivity contribution in [3.63, 3.8) is 0 Å². The lowest BCUT2D eigenvalue weighted by molar-refractivity contribution is -0.139. The summed E-state index contributed by atoms with van der Waals surface area (Å²) in [6.07, 6.45) is 0.725. The molecule has 0 spiro atoms. The zero-order valence-corrected chi connectivity index (χ0v) is 79.2. The number of Topliss-reactive ketones (excluding diaryl/α,β-unsaturated/α-hetero) is 2. The first-order valence-corrected chi connectivity index (χ1v) is 44.6. The van der Waals surface area contributed by atoms with E-state index in [1.54, 1.807) is 46.2 Å². The Balaban J connectivity index is 0.000000268. The van der Waals surface area contributed by atoms with E-state index in [0.717, 1.165) is 143 Å². The summed E-state index contributed by atoms with van der Waals surface area (Å²) in [5.41, 5.74) is 11.3. The van der Waals surface area contributed by atoms with Gasteiger partial charge in [-0.15, -0.1) is 0 Å². The van der Waals surface area contributed by atoms with E-state index in [1.165, 1.54) is 65.7 Å². The lowest BCUT2D eigenvalue weighted by Gasteiger charge is -2.34. The third-order valence-corrected chi connectivity index (χ3v) is 21.3. The van der Waals surface area contributed by atoms with Gasteiger partial charge in [-0.2, -0.15) is 26.3 Å². The van der Waals surface area contributed by atoms with Crippen LogP contribution >= 0.6 is 0 Å². The first kappa shape index (κ1) is 108. The molecule has 0 bridgehead atoms. The maximum atomic E-state index is 13.5. The number of aryl methyl sites for hydroxylation is 5. The Bertz CT molecular complexity index is 4730. The van der Waals surface area contributed by atoms with Gasteiger partial charge in [0.05, 0.1) is 28.7 Å². The van der Waals surface area contributed by atoms with Crippen LogP contribution in [-0.2, 0) is 60.8 Å². The highest BCUT2D eigenvalue weighted by Crippen LogP contribution is 2.36. The molecule has 5 heterocycles. The van der Waals surface area contributed by atoms with E-state index in [2.05, 4.69) is 122 Å². The molecular formula is C101H142F7N13O6. The van der Waals surface area contributed by atoms with Crippen LogP contribution < -0.4 is 21.3 Å². The fraction of sp³-hybridized carbons (Fsp3) is 0.505. The van der Waals surface area contributed by atoms with Crippen LogP contribution in [0.15, 0.2) is 152 Å². The second-order valence-electron chi connectivity index (χ2n) is 35.5. The van der Waals surface area contributed by atoms with E-state index in [1.807, 2.05) is 159 Å². The molecule has 11 rings (SSSR count). The summed E-state index contributed by atoms with van der Waals surface area (Å²) in [7, 11) is 2.00. The van der Waals surface area contributed by atoms with Crippen molar-refractivity contribution in [1.82, 2.24) is 65.2 Å². The Morgan fingerprint density at radius 3 is 1.24 bits per heavy atom. The molecule has 127 heavy (non-hydrogen) atoms. The second kappa shape index (κ2) is 53.2. The molecular weight excluding hydrogens is 1620 g/mol. The summed E-state index contributed by atoms with van der Waals surface area (Å²) in [5, 5.41) is 10.8. The number of hydrogen-bond acceptors (Lipinski definition) is 14. The number of aromatic nitrogens is 3. The molecule has 6 aromatic carbocycles. The number of benzene rings is 6. The van der Waals surface area contributed by atoms with Crippen molar-refractivity contribution in [3.05, 3.63) is 253 Å². The molecule has 696 valence electrons. The van der Waals surface area contributed by atoms with Gasteiger partial charge in [-0.25, -0.2) is 9.37 Å². The molecule has 4 N–H and O–H groups in total. The van der Waals surface area contributed by atoms with Crippen LogP contribution in [0.25, 0.3) is 5.69 Å². The normalized spacial score (nSPS) is 14.2. The monoisotopic (exact) mass is 1770 g/mol. The van der Waals surface area contributed by atoms with E-state index in [9.17, 15) is 59.5 Å². The van der Waals surface area contributed by atoms with E-state index in [4.69, 9.17) is 0 Å². The first-order valence-electron chi connectivity index (χ1n) is 44.6. The number of nitrogens with one attached hydrogen (secondary N) is 4. The number of alkyl halides is 6. The van der Waals surface area contributed by atoms with Gasteiger partial charge in [0.1, 0.15) is 17.4 Å². The molecule has 0 aliphatic carbocycles. The van der Waals surface area contributed by atoms with Crippen molar-refractivity contribution in [3.8, 4) is 5.69 Å². The Kier molecular flexibility index (Phi) is 45.1. The number of ketones is 2. The van der Waals surface area contributed by atoms with Crippen LogP contribution in [0.1, 0.15) is 225 Å². The molecule has 0 atom stereocenters. The van der Waals surface area contributed by atoms with E-state index in [-0.39, 0.29) is 88.7 Å². The first-order chi connectivity index (χ1) is 59.7. The van der Waals surface area contributed by atoms with E-state index >= 15 is 0 Å². The van der Waals surface area contributed by atoms with Crippen molar-refractivity contribution >= 4 is 35.2 Å². The number of amides is 4. The Morgan fingerprint density at radius 2 is 0.835 bits per heavy atom. The van der Waals surface area contributed by atoms with Gasteiger partial charge >= 0.3 is 12.4 Å². The fourth-order valence-electron chi connectivity index (χ4n) is 14.0. The molecule has 0 unspecified atom stereocenters. The molecule has 3 saturated heterocycles. The predicted octanol–water partition coefficient (Wildman–Crippen LogP) is 18.4. The Hall–Kier alpha value is -9.83. The van der Waals surface area contributed by atoms with Crippen molar-refractivity contribution in [2.24, 2.45) is 17.8 Å². The van der Waals surface area contributed by atoms with Crippen LogP contribution in [0.2, 0.25) is 0 Å². The lowest BCUT2D eigenvalue weighted by Crippen LogP contribution is -2.45.